The third-order valence-corrected chi connectivity index (χ3v) is 4.77. The quantitative estimate of drug-likeness (QED) is 0.754. The summed E-state index contributed by atoms with van der Waals surface area (Å²) >= 11 is 5.22. The molecule has 0 bridgehead atoms. The van der Waals surface area contributed by atoms with E-state index in [-0.39, 0.29) is 6.04 Å². The van der Waals surface area contributed by atoms with Gasteiger partial charge in [0.1, 0.15) is 0 Å². The van der Waals surface area contributed by atoms with E-state index in [0.29, 0.717) is 11.6 Å². The Labute approximate surface area is 131 Å². The van der Waals surface area contributed by atoms with Crippen molar-refractivity contribution in [3.8, 4) is 0 Å². The van der Waals surface area contributed by atoms with E-state index in [9.17, 15) is 0 Å². The van der Waals surface area contributed by atoms with Crippen molar-refractivity contribution in [2.75, 3.05) is 6.54 Å². The van der Waals surface area contributed by atoms with E-state index >= 15 is 0 Å². The molecule has 108 valence electrons. The van der Waals surface area contributed by atoms with Crippen LogP contribution in [-0.4, -0.2) is 16.7 Å². The molecular weight excluding hydrogens is 338 g/mol. The van der Waals surface area contributed by atoms with Crippen molar-refractivity contribution >= 4 is 27.7 Å². The van der Waals surface area contributed by atoms with Crippen molar-refractivity contribution in [2.24, 2.45) is 0 Å². The molecule has 1 atom stereocenters. The van der Waals surface area contributed by atoms with Gasteiger partial charge in [0, 0.05) is 9.37 Å². The predicted octanol–water partition coefficient (Wildman–Crippen LogP) is 4.19. The first-order valence-electron chi connectivity index (χ1n) is 6.64. The minimum absolute atomic E-state index is 0.102. The average Bonchev–Trinajstić information content (AvgIpc) is 2.93. The fourth-order valence-corrected chi connectivity index (χ4v) is 3.06. The Kier molecular flexibility index (Phi) is 6.06. The number of hydrogen-bond donors (Lipinski definition) is 1. The highest BCUT2D eigenvalue weighted by molar-refractivity contribution is 9.10. The zero-order valence-corrected chi connectivity index (χ0v) is 14.0. The van der Waals surface area contributed by atoms with Crippen LogP contribution in [0.2, 0.25) is 0 Å². The Bertz CT molecular complexity index is 547. The predicted molar refractivity (Wildman–Crippen MR) is 84.7 cm³/mol. The number of aromatic nitrogens is 2. The van der Waals surface area contributed by atoms with Crippen LogP contribution in [0.5, 0.6) is 0 Å². The SMILES string of the molecule is CCCNC(C)c1nc(CSc2ccccc2Br)no1. The van der Waals surface area contributed by atoms with Crippen LogP contribution in [0.25, 0.3) is 0 Å². The highest BCUT2D eigenvalue weighted by Crippen LogP contribution is 2.29. The van der Waals surface area contributed by atoms with E-state index in [4.69, 9.17) is 4.52 Å². The molecule has 6 heteroatoms. The van der Waals surface area contributed by atoms with Gasteiger partial charge in [-0.1, -0.05) is 24.2 Å². The lowest BCUT2D eigenvalue weighted by Gasteiger charge is -2.06. The lowest BCUT2D eigenvalue weighted by atomic mass is 10.3. The minimum atomic E-state index is 0.102. The molecule has 1 unspecified atom stereocenters. The van der Waals surface area contributed by atoms with Crippen molar-refractivity contribution in [3.05, 3.63) is 40.5 Å². The summed E-state index contributed by atoms with van der Waals surface area (Å²) in [5.74, 6) is 2.08. The van der Waals surface area contributed by atoms with Crippen LogP contribution >= 0.6 is 27.7 Å². The molecule has 0 aliphatic carbocycles. The molecule has 0 saturated carbocycles. The van der Waals surface area contributed by atoms with E-state index < -0.39 is 0 Å². The van der Waals surface area contributed by atoms with Gasteiger partial charge in [-0.2, -0.15) is 4.98 Å². The summed E-state index contributed by atoms with van der Waals surface area (Å²) in [4.78, 5) is 5.61. The lowest BCUT2D eigenvalue weighted by Crippen LogP contribution is -2.19. The van der Waals surface area contributed by atoms with Crippen LogP contribution < -0.4 is 5.32 Å². The maximum atomic E-state index is 5.29. The summed E-state index contributed by atoms with van der Waals surface area (Å²) in [6.45, 7) is 5.12. The first-order chi connectivity index (χ1) is 9.70. The molecule has 1 aromatic heterocycles. The Hall–Kier alpha value is -0.850. The minimum Gasteiger partial charge on any atom is -0.338 e. The molecule has 0 aliphatic rings. The van der Waals surface area contributed by atoms with Gasteiger partial charge in [0.2, 0.25) is 5.89 Å². The van der Waals surface area contributed by atoms with E-state index in [2.05, 4.69) is 44.4 Å². The molecule has 1 N–H and O–H groups in total. The second-order valence-electron chi connectivity index (χ2n) is 4.44. The van der Waals surface area contributed by atoms with Gasteiger partial charge in [-0.15, -0.1) is 11.8 Å². The van der Waals surface area contributed by atoms with Gasteiger partial charge in [-0.05, 0) is 48.0 Å². The second-order valence-corrected chi connectivity index (χ2v) is 6.32. The van der Waals surface area contributed by atoms with Gasteiger partial charge >= 0.3 is 0 Å². The summed E-state index contributed by atoms with van der Waals surface area (Å²) in [6.07, 6.45) is 1.09. The molecule has 0 amide bonds. The van der Waals surface area contributed by atoms with Crippen LogP contribution in [-0.2, 0) is 5.75 Å². The fraction of sp³-hybridized carbons (Fsp3) is 0.429. The van der Waals surface area contributed by atoms with E-state index in [1.165, 1.54) is 4.90 Å². The van der Waals surface area contributed by atoms with Crippen molar-refractivity contribution < 1.29 is 4.52 Å². The van der Waals surface area contributed by atoms with E-state index in [0.717, 1.165) is 23.3 Å². The molecule has 1 heterocycles. The maximum Gasteiger partial charge on any atom is 0.243 e. The number of halogens is 1. The molecule has 0 fully saturated rings. The number of hydrogen-bond acceptors (Lipinski definition) is 5. The summed E-state index contributed by atoms with van der Waals surface area (Å²) in [6, 6.07) is 8.22. The van der Waals surface area contributed by atoms with E-state index in [1.54, 1.807) is 11.8 Å². The van der Waals surface area contributed by atoms with Crippen LogP contribution in [0.3, 0.4) is 0 Å². The molecule has 0 spiro atoms. The summed E-state index contributed by atoms with van der Waals surface area (Å²) in [5, 5.41) is 7.36. The Morgan fingerprint density at radius 2 is 2.20 bits per heavy atom. The molecule has 4 nitrogen and oxygen atoms in total. The number of nitrogens with one attached hydrogen (secondary N) is 1. The molecule has 2 rings (SSSR count). The Morgan fingerprint density at radius 3 is 2.95 bits per heavy atom. The average molecular weight is 356 g/mol. The smallest absolute Gasteiger partial charge is 0.243 e. The van der Waals surface area contributed by atoms with Gasteiger partial charge in [-0.3, -0.25) is 0 Å². The molecule has 0 aliphatic heterocycles. The first-order valence-corrected chi connectivity index (χ1v) is 8.41. The van der Waals surface area contributed by atoms with Gasteiger partial charge in [0.25, 0.3) is 0 Å². The van der Waals surface area contributed by atoms with Gasteiger partial charge < -0.3 is 9.84 Å². The summed E-state index contributed by atoms with van der Waals surface area (Å²) in [5.41, 5.74) is 0. The van der Waals surface area contributed by atoms with Gasteiger partial charge in [0.15, 0.2) is 5.82 Å². The third-order valence-electron chi connectivity index (χ3n) is 2.75. The van der Waals surface area contributed by atoms with Crippen LogP contribution in [0, 0.1) is 0 Å². The highest BCUT2D eigenvalue weighted by atomic mass is 79.9. The normalized spacial score (nSPS) is 12.6. The molecule has 1 aromatic carbocycles. The van der Waals surface area contributed by atoms with E-state index in [1.807, 2.05) is 25.1 Å². The second kappa shape index (κ2) is 7.81. The highest BCUT2D eigenvalue weighted by Gasteiger charge is 2.13. The zero-order chi connectivity index (χ0) is 14.4. The summed E-state index contributed by atoms with van der Waals surface area (Å²) < 4.78 is 6.38. The van der Waals surface area contributed by atoms with Crippen molar-refractivity contribution in [1.29, 1.82) is 0 Å². The standard InChI is InChI=1S/C14H18BrN3OS/c1-3-8-16-10(2)14-17-13(18-19-14)9-20-12-7-5-4-6-11(12)15/h4-7,10,16H,3,8-9H2,1-2H3. The number of benzene rings is 1. The van der Waals surface area contributed by atoms with Crippen molar-refractivity contribution in [1.82, 2.24) is 15.5 Å². The van der Waals surface area contributed by atoms with Crippen LogP contribution in [0.15, 0.2) is 38.2 Å². The maximum absolute atomic E-state index is 5.29. The molecule has 0 radical (unpaired) electrons. The lowest BCUT2D eigenvalue weighted by molar-refractivity contribution is 0.337. The molecule has 0 saturated heterocycles. The fourth-order valence-electron chi connectivity index (χ4n) is 1.65. The Morgan fingerprint density at radius 1 is 1.40 bits per heavy atom. The molecule has 2 aromatic rings. The van der Waals surface area contributed by atoms with Crippen LogP contribution in [0.1, 0.15) is 38.0 Å². The van der Waals surface area contributed by atoms with Gasteiger partial charge in [-0.25, -0.2) is 0 Å². The first kappa shape index (κ1) is 15.5. The summed E-state index contributed by atoms with van der Waals surface area (Å²) in [7, 11) is 0. The molecule has 20 heavy (non-hydrogen) atoms. The largest absolute Gasteiger partial charge is 0.338 e. The van der Waals surface area contributed by atoms with Crippen molar-refractivity contribution in [2.45, 2.75) is 37.0 Å². The Balaban J connectivity index is 1.91. The number of nitrogens with zero attached hydrogens (tertiary/aromatic N) is 2. The number of rotatable bonds is 7. The van der Waals surface area contributed by atoms with Gasteiger partial charge in [0.05, 0.1) is 11.8 Å². The molecular formula is C14H18BrN3OS. The number of thioether (sulfide) groups is 1. The topological polar surface area (TPSA) is 51.0 Å². The monoisotopic (exact) mass is 355 g/mol. The van der Waals surface area contributed by atoms with Crippen LogP contribution in [0.4, 0.5) is 0 Å². The van der Waals surface area contributed by atoms with Crippen molar-refractivity contribution in [3.63, 3.8) is 0 Å². The third kappa shape index (κ3) is 4.33. The zero-order valence-electron chi connectivity index (χ0n) is 11.6.